The number of ether oxygens (including phenoxy) is 5. The number of nitro benzene ring substituents is 1. The van der Waals surface area contributed by atoms with Crippen molar-refractivity contribution in [1.82, 2.24) is 9.97 Å². The first-order chi connectivity index (χ1) is 14.6. The molecule has 0 fully saturated rings. The number of rotatable bonds is 7. The largest absolute Gasteiger partial charge is 0.493 e. The van der Waals surface area contributed by atoms with Gasteiger partial charge >= 0.3 is 0 Å². The van der Waals surface area contributed by atoms with E-state index < -0.39 is 4.92 Å². The van der Waals surface area contributed by atoms with Gasteiger partial charge in [-0.2, -0.15) is 0 Å². The van der Waals surface area contributed by atoms with E-state index in [1.165, 1.54) is 33.7 Å². The Bertz CT molecular complexity index is 1140. The van der Waals surface area contributed by atoms with Crippen LogP contribution in [0.15, 0.2) is 24.5 Å². The summed E-state index contributed by atoms with van der Waals surface area (Å²) in [5.41, 5.74) is 0.846. The minimum atomic E-state index is -0.464. The van der Waals surface area contributed by atoms with Crippen molar-refractivity contribution in [3.05, 3.63) is 40.2 Å². The standard InChI is InChI=1S/C19H18N4O7/c1-26-15-5-11-16(18(28-3)17(15)27-2)21-8-22-19(11)20-7-10-4-13-14(30-9-29-13)6-12(10)23(24)25/h4-6,8H,7,9H2,1-3H3,(H,20,21,22). The van der Waals surface area contributed by atoms with Crippen LogP contribution >= 0.6 is 0 Å². The number of hydrogen-bond acceptors (Lipinski definition) is 10. The van der Waals surface area contributed by atoms with Crippen molar-refractivity contribution in [2.24, 2.45) is 0 Å². The summed E-state index contributed by atoms with van der Waals surface area (Å²) in [6.45, 7) is 0.150. The fourth-order valence-electron chi connectivity index (χ4n) is 3.27. The average Bonchev–Trinajstić information content (AvgIpc) is 3.22. The van der Waals surface area contributed by atoms with Gasteiger partial charge in [-0.3, -0.25) is 10.1 Å². The predicted molar refractivity (Wildman–Crippen MR) is 106 cm³/mol. The SMILES string of the molecule is COc1cc2c(NCc3cc4c(cc3[N+](=O)[O-])OCO4)ncnc2c(OC)c1OC. The summed E-state index contributed by atoms with van der Waals surface area (Å²) >= 11 is 0. The molecule has 0 amide bonds. The quantitative estimate of drug-likeness (QED) is 0.455. The Morgan fingerprint density at radius 3 is 2.47 bits per heavy atom. The lowest BCUT2D eigenvalue weighted by atomic mass is 10.1. The number of nitro groups is 1. The van der Waals surface area contributed by atoms with Crippen molar-refractivity contribution < 1.29 is 28.6 Å². The average molecular weight is 414 g/mol. The molecule has 3 aromatic rings. The number of aromatic nitrogens is 2. The Balaban J connectivity index is 1.74. The highest BCUT2D eigenvalue weighted by atomic mass is 16.7. The predicted octanol–water partition coefficient (Wildman–Crippen LogP) is 2.90. The normalized spacial score (nSPS) is 12.0. The van der Waals surface area contributed by atoms with Gasteiger partial charge in [-0.25, -0.2) is 9.97 Å². The fourth-order valence-corrected chi connectivity index (χ4v) is 3.27. The topological polar surface area (TPSA) is 127 Å². The molecular formula is C19H18N4O7. The van der Waals surface area contributed by atoms with E-state index in [9.17, 15) is 10.1 Å². The van der Waals surface area contributed by atoms with Crippen LogP contribution in [0.2, 0.25) is 0 Å². The number of nitrogens with one attached hydrogen (secondary N) is 1. The van der Waals surface area contributed by atoms with Gasteiger partial charge in [-0.05, 0) is 12.1 Å². The molecule has 11 heteroatoms. The monoisotopic (exact) mass is 414 g/mol. The lowest BCUT2D eigenvalue weighted by molar-refractivity contribution is -0.385. The van der Waals surface area contributed by atoms with Gasteiger partial charge in [0.05, 0.1) is 43.3 Å². The number of methoxy groups -OCH3 is 3. The van der Waals surface area contributed by atoms with Crippen LogP contribution < -0.4 is 29.0 Å². The highest BCUT2D eigenvalue weighted by Gasteiger charge is 2.24. The molecule has 30 heavy (non-hydrogen) atoms. The molecule has 0 saturated carbocycles. The molecule has 0 saturated heterocycles. The maximum Gasteiger partial charge on any atom is 0.278 e. The highest BCUT2D eigenvalue weighted by Crippen LogP contribution is 2.44. The van der Waals surface area contributed by atoms with Gasteiger partial charge in [0.2, 0.25) is 12.5 Å². The molecule has 2 heterocycles. The van der Waals surface area contributed by atoms with Crippen molar-refractivity contribution in [3.8, 4) is 28.7 Å². The van der Waals surface area contributed by atoms with Crippen molar-refractivity contribution in [2.45, 2.75) is 6.54 Å². The Kier molecular flexibility index (Phi) is 5.00. The molecule has 1 aliphatic heterocycles. The van der Waals surface area contributed by atoms with E-state index in [2.05, 4.69) is 15.3 Å². The van der Waals surface area contributed by atoms with Crippen LogP contribution in [-0.2, 0) is 6.54 Å². The number of fused-ring (bicyclic) bond motifs is 2. The van der Waals surface area contributed by atoms with Crippen LogP contribution in [0.5, 0.6) is 28.7 Å². The van der Waals surface area contributed by atoms with Crippen molar-refractivity contribution in [1.29, 1.82) is 0 Å². The van der Waals surface area contributed by atoms with Gasteiger partial charge in [0, 0.05) is 6.54 Å². The summed E-state index contributed by atoms with van der Waals surface area (Å²) < 4.78 is 26.8. The van der Waals surface area contributed by atoms with Crippen LogP contribution in [-0.4, -0.2) is 43.0 Å². The Morgan fingerprint density at radius 1 is 1.07 bits per heavy atom. The zero-order valence-electron chi connectivity index (χ0n) is 16.4. The molecule has 0 aliphatic carbocycles. The van der Waals surface area contributed by atoms with Gasteiger partial charge in [-0.15, -0.1) is 0 Å². The number of anilines is 1. The summed E-state index contributed by atoms with van der Waals surface area (Å²) in [5, 5.41) is 15.2. The van der Waals surface area contributed by atoms with E-state index in [1.54, 1.807) is 12.1 Å². The third kappa shape index (κ3) is 3.19. The Hall–Kier alpha value is -4.02. The number of benzene rings is 2. The molecule has 0 radical (unpaired) electrons. The second-order valence-corrected chi connectivity index (χ2v) is 6.21. The molecule has 1 N–H and O–H groups in total. The first-order valence-electron chi connectivity index (χ1n) is 8.81. The molecule has 156 valence electrons. The summed E-state index contributed by atoms with van der Waals surface area (Å²) in [4.78, 5) is 19.6. The van der Waals surface area contributed by atoms with E-state index in [4.69, 9.17) is 23.7 Å². The molecule has 0 bridgehead atoms. The third-order valence-electron chi connectivity index (χ3n) is 4.65. The fraction of sp³-hybridized carbons (Fsp3) is 0.263. The maximum atomic E-state index is 11.5. The van der Waals surface area contributed by atoms with Crippen LogP contribution in [0.4, 0.5) is 11.5 Å². The van der Waals surface area contributed by atoms with E-state index in [1.807, 2.05) is 0 Å². The van der Waals surface area contributed by atoms with E-state index >= 15 is 0 Å². The van der Waals surface area contributed by atoms with Gasteiger partial charge in [0.25, 0.3) is 5.69 Å². The number of hydrogen-bond donors (Lipinski definition) is 1. The van der Waals surface area contributed by atoms with Crippen LogP contribution in [0, 0.1) is 10.1 Å². The highest BCUT2D eigenvalue weighted by molar-refractivity contribution is 5.96. The lowest BCUT2D eigenvalue weighted by Crippen LogP contribution is -2.06. The Morgan fingerprint density at radius 2 is 1.80 bits per heavy atom. The second kappa shape index (κ2) is 7.78. The molecular weight excluding hydrogens is 396 g/mol. The smallest absolute Gasteiger partial charge is 0.278 e. The zero-order chi connectivity index (χ0) is 21.3. The Labute approximate surface area is 170 Å². The van der Waals surface area contributed by atoms with Crippen molar-refractivity contribution >= 4 is 22.4 Å². The zero-order valence-corrected chi connectivity index (χ0v) is 16.4. The molecule has 0 unspecified atom stereocenters. The summed E-state index contributed by atoms with van der Waals surface area (Å²) in [6.07, 6.45) is 1.37. The summed E-state index contributed by atoms with van der Waals surface area (Å²) in [6, 6.07) is 4.66. The van der Waals surface area contributed by atoms with Gasteiger partial charge in [0.1, 0.15) is 17.7 Å². The molecule has 1 aliphatic rings. The van der Waals surface area contributed by atoms with Gasteiger partial charge in [0.15, 0.2) is 23.0 Å². The van der Waals surface area contributed by atoms with Gasteiger partial charge < -0.3 is 29.0 Å². The number of nitrogens with zero attached hydrogens (tertiary/aromatic N) is 3. The van der Waals surface area contributed by atoms with Crippen LogP contribution in [0.3, 0.4) is 0 Å². The van der Waals surface area contributed by atoms with E-state index in [0.29, 0.717) is 51.0 Å². The summed E-state index contributed by atoms with van der Waals surface area (Å²) in [7, 11) is 4.52. The molecule has 1 aromatic heterocycles. The first kappa shape index (κ1) is 19.3. The minimum absolute atomic E-state index is 0.0291. The lowest BCUT2D eigenvalue weighted by Gasteiger charge is -2.16. The molecule has 2 aromatic carbocycles. The minimum Gasteiger partial charge on any atom is -0.493 e. The maximum absolute atomic E-state index is 11.5. The molecule has 4 rings (SSSR count). The summed E-state index contributed by atoms with van der Waals surface area (Å²) in [5.74, 6) is 2.49. The van der Waals surface area contributed by atoms with Crippen molar-refractivity contribution in [3.63, 3.8) is 0 Å². The first-order valence-corrected chi connectivity index (χ1v) is 8.81. The molecule has 0 spiro atoms. The van der Waals surface area contributed by atoms with Crippen LogP contribution in [0.25, 0.3) is 10.9 Å². The van der Waals surface area contributed by atoms with E-state index in [0.717, 1.165) is 0 Å². The van der Waals surface area contributed by atoms with Crippen molar-refractivity contribution in [2.75, 3.05) is 33.4 Å². The molecule has 11 nitrogen and oxygen atoms in total. The van der Waals surface area contributed by atoms with Crippen LogP contribution in [0.1, 0.15) is 5.56 Å². The second-order valence-electron chi connectivity index (χ2n) is 6.21. The van der Waals surface area contributed by atoms with E-state index in [-0.39, 0.29) is 19.0 Å². The van der Waals surface area contributed by atoms with Gasteiger partial charge in [-0.1, -0.05) is 0 Å². The third-order valence-corrected chi connectivity index (χ3v) is 4.65. The molecule has 0 atom stereocenters.